The molecule has 0 amide bonds. The van der Waals surface area contributed by atoms with Gasteiger partial charge in [-0.1, -0.05) is 0 Å². The molecular weight excluding hydrogens is 462 g/mol. The predicted molar refractivity (Wildman–Crippen MR) is 126 cm³/mol. The van der Waals surface area contributed by atoms with Gasteiger partial charge in [0.05, 0.1) is 17.3 Å². The molecule has 2 aromatic heterocycles. The number of nitrogens with one attached hydrogen (secondary N) is 1. The number of piperidine rings is 2. The largest absolute Gasteiger partial charge is 0.348 e. The molecule has 1 saturated carbocycles. The minimum absolute atomic E-state index is 0.0653. The number of alkyl halides is 2. The predicted octanol–water partition coefficient (Wildman–Crippen LogP) is 2.80. The molecule has 6 rings (SSSR count). The Morgan fingerprint density at radius 1 is 1.12 bits per heavy atom. The van der Waals surface area contributed by atoms with Gasteiger partial charge >= 0.3 is 0 Å². The lowest BCUT2D eigenvalue weighted by Gasteiger charge is -2.40. The first-order chi connectivity index (χ1) is 16.2. The fraction of sp³-hybridized carbons (Fsp3) is 0.739. The Hall–Kier alpha value is -1.85. The quantitative estimate of drug-likeness (QED) is 0.688. The normalized spacial score (nSPS) is 35.2. The average molecular weight is 495 g/mol. The highest BCUT2D eigenvalue weighted by atomic mass is 32.2. The monoisotopic (exact) mass is 494 g/mol. The molecule has 1 aliphatic carbocycles. The summed E-state index contributed by atoms with van der Waals surface area (Å²) in [6.45, 7) is 2.11. The van der Waals surface area contributed by atoms with Crippen LogP contribution in [0, 0.1) is 6.92 Å². The molecule has 6 atom stereocenters. The van der Waals surface area contributed by atoms with Crippen molar-refractivity contribution < 1.29 is 17.2 Å². The molecule has 11 heteroatoms. The Labute approximate surface area is 198 Å². The van der Waals surface area contributed by atoms with Crippen molar-refractivity contribution in [3.8, 4) is 0 Å². The average Bonchev–Trinajstić information content (AvgIpc) is 3.56. The topological polar surface area (TPSA) is 83.4 Å². The summed E-state index contributed by atoms with van der Waals surface area (Å²) in [5.74, 6) is 0.296. The first kappa shape index (κ1) is 22.6. The van der Waals surface area contributed by atoms with E-state index in [9.17, 15) is 12.8 Å². The molecule has 1 N–H and O–H groups in total. The second-order valence-corrected chi connectivity index (χ2v) is 12.7. The number of fused-ring (bicyclic) bond motifs is 3. The van der Waals surface area contributed by atoms with Crippen LogP contribution in [-0.4, -0.2) is 88.0 Å². The lowest BCUT2D eigenvalue weighted by molar-refractivity contribution is 0.0458. The minimum Gasteiger partial charge on any atom is -0.348 e. The number of anilines is 1. The van der Waals surface area contributed by atoms with Crippen molar-refractivity contribution in [2.75, 3.05) is 25.5 Å². The summed E-state index contributed by atoms with van der Waals surface area (Å²) in [4.78, 5) is 11.3. The Morgan fingerprint density at radius 2 is 1.91 bits per heavy atom. The van der Waals surface area contributed by atoms with E-state index in [1.165, 1.54) is 4.31 Å². The fourth-order valence-electron chi connectivity index (χ4n) is 6.26. The van der Waals surface area contributed by atoms with Crippen LogP contribution in [0.2, 0.25) is 0 Å². The molecule has 0 spiro atoms. The first-order valence-electron chi connectivity index (χ1n) is 12.3. The van der Waals surface area contributed by atoms with E-state index in [-0.39, 0.29) is 30.4 Å². The van der Waals surface area contributed by atoms with Gasteiger partial charge in [0.15, 0.2) is 0 Å². The van der Waals surface area contributed by atoms with Crippen molar-refractivity contribution in [2.24, 2.45) is 0 Å². The van der Waals surface area contributed by atoms with E-state index < -0.39 is 28.4 Å². The van der Waals surface area contributed by atoms with E-state index in [4.69, 9.17) is 4.98 Å². The van der Waals surface area contributed by atoms with Crippen LogP contribution in [-0.2, 0) is 10.0 Å². The Bertz CT molecular complexity index is 1200. The maximum atomic E-state index is 15.6. The standard InChI is InChI=1S/C23H32F2N6O2S/c1-13-9-14-11-26-23(27-18-7-8-30(12-17(18)24)34(32,33)16-4-5-16)28-22(14)31(13)20-10-15-3-6-19(21(20)25)29(15)2/h9,11,15-21H,3-8,10,12H2,1-2H3,(H,26,27,28)/t15-,17-,18-,19+,20-,21+/m1/s1. The van der Waals surface area contributed by atoms with E-state index in [0.29, 0.717) is 36.9 Å². The summed E-state index contributed by atoms with van der Waals surface area (Å²) in [6, 6.07) is 1.44. The number of hydrogen-bond acceptors (Lipinski definition) is 6. The van der Waals surface area contributed by atoms with Crippen LogP contribution in [0.4, 0.5) is 14.7 Å². The highest BCUT2D eigenvalue weighted by Crippen LogP contribution is 2.43. The molecule has 3 saturated heterocycles. The number of aromatic nitrogens is 3. The van der Waals surface area contributed by atoms with Crippen LogP contribution in [0.3, 0.4) is 0 Å². The molecule has 4 fully saturated rings. The molecular formula is C23H32F2N6O2S. The third-order valence-corrected chi connectivity index (χ3v) is 10.7. The van der Waals surface area contributed by atoms with E-state index >= 15 is 4.39 Å². The van der Waals surface area contributed by atoms with Crippen LogP contribution in [0.1, 0.15) is 50.3 Å². The van der Waals surface area contributed by atoms with Crippen molar-refractivity contribution >= 4 is 27.0 Å². The van der Waals surface area contributed by atoms with Crippen LogP contribution in [0.5, 0.6) is 0 Å². The summed E-state index contributed by atoms with van der Waals surface area (Å²) in [5.41, 5.74) is 1.61. The molecule has 2 aromatic rings. The second-order valence-electron chi connectivity index (χ2n) is 10.5. The Morgan fingerprint density at radius 3 is 2.65 bits per heavy atom. The summed E-state index contributed by atoms with van der Waals surface area (Å²) in [6.07, 6.45) is 3.70. The van der Waals surface area contributed by atoms with Gasteiger partial charge in [-0.05, 0) is 58.6 Å². The highest BCUT2D eigenvalue weighted by Gasteiger charge is 2.47. The smallest absolute Gasteiger partial charge is 0.224 e. The summed E-state index contributed by atoms with van der Waals surface area (Å²) in [7, 11) is -1.36. The molecule has 0 radical (unpaired) electrons. The molecule has 8 nitrogen and oxygen atoms in total. The van der Waals surface area contributed by atoms with Gasteiger partial charge in [0.1, 0.15) is 18.0 Å². The molecule has 5 heterocycles. The van der Waals surface area contributed by atoms with Crippen LogP contribution >= 0.6 is 0 Å². The number of sulfonamides is 1. The van der Waals surface area contributed by atoms with Crippen molar-refractivity contribution in [2.45, 2.75) is 87.2 Å². The number of halogens is 2. The molecule has 0 unspecified atom stereocenters. The number of aryl methyl sites for hydroxylation is 1. The fourth-order valence-corrected chi connectivity index (χ4v) is 8.13. The van der Waals surface area contributed by atoms with Gasteiger partial charge in [-0.25, -0.2) is 22.2 Å². The molecule has 34 heavy (non-hydrogen) atoms. The lowest BCUT2D eigenvalue weighted by Crippen LogP contribution is -2.50. The maximum Gasteiger partial charge on any atom is 0.224 e. The first-order valence-corrected chi connectivity index (χ1v) is 13.8. The van der Waals surface area contributed by atoms with Gasteiger partial charge < -0.3 is 9.88 Å². The van der Waals surface area contributed by atoms with Crippen molar-refractivity contribution in [3.05, 3.63) is 18.0 Å². The lowest BCUT2D eigenvalue weighted by atomic mass is 9.95. The summed E-state index contributed by atoms with van der Waals surface area (Å²) >= 11 is 0. The van der Waals surface area contributed by atoms with Gasteiger partial charge in [-0.2, -0.15) is 9.29 Å². The van der Waals surface area contributed by atoms with Gasteiger partial charge in [-0.3, -0.25) is 4.90 Å². The third-order valence-electron chi connectivity index (χ3n) is 8.37. The van der Waals surface area contributed by atoms with Crippen molar-refractivity contribution in [1.82, 2.24) is 23.7 Å². The maximum absolute atomic E-state index is 15.6. The highest BCUT2D eigenvalue weighted by molar-refractivity contribution is 7.90. The minimum atomic E-state index is -3.38. The number of hydrogen-bond donors (Lipinski definition) is 1. The Kier molecular flexibility index (Phi) is 5.38. The zero-order chi connectivity index (χ0) is 23.8. The molecule has 3 aliphatic heterocycles. The Balaban J connectivity index is 1.23. The molecule has 186 valence electrons. The van der Waals surface area contributed by atoms with Crippen molar-refractivity contribution in [1.29, 1.82) is 0 Å². The van der Waals surface area contributed by atoms with Gasteiger partial charge in [0.2, 0.25) is 16.0 Å². The number of nitrogens with zero attached hydrogens (tertiary/aromatic N) is 5. The summed E-state index contributed by atoms with van der Waals surface area (Å²) < 4.78 is 58.8. The zero-order valence-corrected chi connectivity index (χ0v) is 20.4. The van der Waals surface area contributed by atoms with Crippen molar-refractivity contribution in [3.63, 3.8) is 0 Å². The van der Waals surface area contributed by atoms with Crippen LogP contribution in [0.25, 0.3) is 11.0 Å². The SMILES string of the molecule is Cc1cc2cnc(N[C@@H]3CCN(S(=O)(=O)C4CC4)C[C@H]3F)nc2n1[C@@H]1C[C@H]2CC[C@@H]([C@@H]1F)N2C. The van der Waals surface area contributed by atoms with Gasteiger partial charge in [0.25, 0.3) is 0 Å². The second kappa shape index (κ2) is 8.09. The van der Waals surface area contributed by atoms with Gasteiger partial charge in [-0.15, -0.1) is 0 Å². The molecule has 4 aliphatic rings. The summed E-state index contributed by atoms with van der Waals surface area (Å²) in [5, 5.41) is 3.60. The van der Waals surface area contributed by atoms with Crippen LogP contribution in [0.15, 0.2) is 12.3 Å². The van der Waals surface area contributed by atoms with E-state index in [0.717, 1.165) is 30.3 Å². The van der Waals surface area contributed by atoms with E-state index in [2.05, 4.69) is 15.2 Å². The number of rotatable bonds is 5. The molecule has 0 aromatic carbocycles. The third kappa shape index (κ3) is 3.62. The molecule has 2 bridgehead atoms. The van der Waals surface area contributed by atoms with Crippen LogP contribution < -0.4 is 5.32 Å². The zero-order valence-electron chi connectivity index (χ0n) is 19.6. The van der Waals surface area contributed by atoms with E-state index in [1.807, 2.05) is 24.6 Å². The van der Waals surface area contributed by atoms with E-state index in [1.54, 1.807) is 6.20 Å². The van der Waals surface area contributed by atoms with Gasteiger partial charge in [0, 0.05) is 42.5 Å².